The minimum Gasteiger partial charge on any atom is -0.487 e. The van der Waals surface area contributed by atoms with Crippen LogP contribution in [0.15, 0.2) is 54.6 Å². The molecule has 3 nitrogen and oxygen atoms in total. The summed E-state index contributed by atoms with van der Waals surface area (Å²) >= 11 is 0. The summed E-state index contributed by atoms with van der Waals surface area (Å²) in [5.74, 6) is 1.14. The van der Waals surface area contributed by atoms with Gasteiger partial charge in [0.15, 0.2) is 0 Å². The zero-order chi connectivity index (χ0) is 18.1. The van der Waals surface area contributed by atoms with Crippen molar-refractivity contribution < 1.29 is 4.74 Å². The molecule has 2 aromatic rings. The fraction of sp³-hybridized carbons (Fsp3) is 0.500. The van der Waals surface area contributed by atoms with Crippen LogP contribution in [0, 0.1) is 0 Å². The number of fused-ring (bicyclic) bond motifs is 1. The molecule has 3 aliphatic rings. The zero-order valence-corrected chi connectivity index (χ0v) is 16.1. The van der Waals surface area contributed by atoms with Crippen LogP contribution in [0.5, 0.6) is 5.75 Å². The van der Waals surface area contributed by atoms with E-state index in [1.54, 1.807) is 0 Å². The van der Waals surface area contributed by atoms with E-state index in [1.165, 1.54) is 43.2 Å². The SMILES string of the molecule is c1ccc(CN2CCN(C3CC4(CCCC4)Oc4ccccc43)CC2)cc1. The van der Waals surface area contributed by atoms with Gasteiger partial charge in [-0.2, -0.15) is 0 Å². The maximum absolute atomic E-state index is 6.56. The van der Waals surface area contributed by atoms with E-state index in [0.29, 0.717) is 6.04 Å². The van der Waals surface area contributed by atoms with Gasteiger partial charge in [0, 0.05) is 50.7 Å². The van der Waals surface area contributed by atoms with Crippen LogP contribution in [0.1, 0.15) is 49.3 Å². The molecule has 2 heterocycles. The first kappa shape index (κ1) is 17.3. The predicted molar refractivity (Wildman–Crippen MR) is 109 cm³/mol. The Labute approximate surface area is 162 Å². The van der Waals surface area contributed by atoms with Crippen molar-refractivity contribution in [2.45, 2.75) is 50.3 Å². The summed E-state index contributed by atoms with van der Waals surface area (Å²) in [6.07, 6.45) is 6.26. The summed E-state index contributed by atoms with van der Waals surface area (Å²) in [5.41, 5.74) is 2.93. The van der Waals surface area contributed by atoms with Gasteiger partial charge in [-0.25, -0.2) is 0 Å². The van der Waals surface area contributed by atoms with E-state index < -0.39 is 0 Å². The Kier molecular flexibility index (Phi) is 4.66. The van der Waals surface area contributed by atoms with E-state index >= 15 is 0 Å². The van der Waals surface area contributed by atoms with Crippen molar-refractivity contribution in [3.8, 4) is 5.75 Å². The lowest BCUT2D eigenvalue weighted by molar-refractivity contribution is -0.00695. The third-order valence-electron chi connectivity index (χ3n) is 6.78. The number of nitrogens with zero attached hydrogens (tertiary/aromatic N) is 2. The van der Waals surface area contributed by atoms with Gasteiger partial charge >= 0.3 is 0 Å². The molecule has 1 unspecified atom stereocenters. The van der Waals surface area contributed by atoms with E-state index in [2.05, 4.69) is 64.4 Å². The monoisotopic (exact) mass is 362 g/mol. The summed E-state index contributed by atoms with van der Waals surface area (Å²) in [7, 11) is 0. The molecule has 1 atom stereocenters. The van der Waals surface area contributed by atoms with Crippen LogP contribution in [0.25, 0.3) is 0 Å². The Morgan fingerprint density at radius 1 is 0.852 bits per heavy atom. The topological polar surface area (TPSA) is 15.7 Å². The number of hydrogen-bond acceptors (Lipinski definition) is 3. The molecule has 1 aliphatic carbocycles. The Hall–Kier alpha value is -1.84. The van der Waals surface area contributed by atoms with Crippen molar-refractivity contribution in [3.63, 3.8) is 0 Å². The Bertz CT molecular complexity index is 761. The van der Waals surface area contributed by atoms with Gasteiger partial charge in [-0.05, 0) is 37.3 Å². The standard InChI is InChI=1S/C24H30N2O/c1-2-8-20(9-3-1)19-25-14-16-26(17-15-25)22-18-24(12-6-7-13-24)27-23-11-5-4-10-21(22)23/h1-5,8-11,22H,6-7,12-19H2. The van der Waals surface area contributed by atoms with Crippen LogP contribution >= 0.6 is 0 Å². The number of hydrogen-bond donors (Lipinski definition) is 0. The second-order valence-electron chi connectivity index (χ2n) is 8.55. The lowest BCUT2D eigenvalue weighted by Gasteiger charge is -2.46. The first-order chi connectivity index (χ1) is 13.3. The highest BCUT2D eigenvalue weighted by atomic mass is 16.5. The van der Waals surface area contributed by atoms with Crippen LogP contribution in [0.3, 0.4) is 0 Å². The van der Waals surface area contributed by atoms with E-state index in [0.717, 1.165) is 38.5 Å². The number of benzene rings is 2. The molecule has 2 fully saturated rings. The first-order valence-electron chi connectivity index (χ1n) is 10.6. The van der Waals surface area contributed by atoms with Gasteiger partial charge in [0.25, 0.3) is 0 Å². The third kappa shape index (κ3) is 3.51. The van der Waals surface area contributed by atoms with Crippen LogP contribution in [-0.4, -0.2) is 41.6 Å². The van der Waals surface area contributed by atoms with Gasteiger partial charge in [0.2, 0.25) is 0 Å². The van der Waals surface area contributed by atoms with Crippen LogP contribution in [0.2, 0.25) is 0 Å². The molecule has 3 heteroatoms. The second-order valence-corrected chi connectivity index (χ2v) is 8.55. The molecule has 0 amide bonds. The summed E-state index contributed by atoms with van der Waals surface area (Å²) in [4.78, 5) is 5.32. The molecule has 0 radical (unpaired) electrons. The van der Waals surface area contributed by atoms with Gasteiger partial charge in [-0.15, -0.1) is 0 Å². The molecular weight excluding hydrogens is 332 g/mol. The van der Waals surface area contributed by atoms with E-state index in [9.17, 15) is 0 Å². The molecule has 0 N–H and O–H groups in total. The number of rotatable bonds is 3. The van der Waals surface area contributed by atoms with Crippen LogP contribution < -0.4 is 4.74 Å². The van der Waals surface area contributed by atoms with Gasteiger partial charge in [0.05, 0.1) is 0 Å². The lowest BCUT2D eigenvalue weighted by atomic mass is 9.85. The minimum atomic E-state index is 0.0974. The van der Waals surface area contributed by atoms with Crippen molar-refractivity contribution in [3.05, 3.63) is 65.7 Å². The molecule has 142 valence electrons. The summed E-state index contributed by atoms with van der Waals surface area (Å²) in [6, 6.07) is 20.2. The van der Waals surface area contributed by atoms with E-state index in [4.69, 9.17) is 4.74 Å². The summed E-state index contributed by atoms with van der Waals surface area (Å²) < 4.78 is 6.56. The number of ether oxygens (including phenoxy) is 1. The smallest absolute Gasteiger partial charge is 0.124 e. The fourth-order valence-electron chi connectivity index (χ4n) is 5.31. The summed E-state index contributed by atoms with van der Waals surface area (Å²) in [6.45, 7) is 5.69. The van der Waals surface area contributed by atoms with E-state index in [-0.39, 0.29) is 5.60 Å². The highest BCUT2D eigenvalue weighted by Crippen LogP contribution is 2.49. The molecule has 0 bridgehead atoms. The largest absolute Gasteiger partial charge is 0.487 e. The van der Waals surface area contributed by atoms with Gasteiger partial charge in [-0.3, -0.25) is 9.80 Å². The average molecular weight is 363 g/mol. The second kappa shape index (κ2) is 7.29. The normalized spacial score (nSPS) is 25.3. The molecular formula is C24H30N2O. The van der Waals surface area contributed by atoms with Crippen molar-refractivity contribution in [2.75, 3.05) is 26.2 Å². The quantitative estimate of drug-likeness (QED) is 0.791. The molecule has 0 aromatic heterocycles. The Morgan fingerprint density at radius 3 is 2.33 bits per heavy atom. The highest BCUT2D eigenvalue weighted by Gasteiger charge is 2.44. The van der Waals surface area contributed by atoms with Gasteiger partial charge in [-0.1, -0.05) is 48.5 Å². The zero-order valence-electron chi connectivity index (χ0n) is 16.1. The molecule has 2 aliphatic heterocycles. The predicted octanol–water partition coefficient (Wildman–Crippen LogP) is 4.64. The third-order valence-corrected chi connectivity index (χ3v) is 6.78. The highest BCUT2D eigenvalue weighted by molar-refractivity contribution is 5.39. The average Bonchev–Trinajstić information content (AvgIpc) is 3.16. The molecule has 1 spiro atoms. The van der Waals surface area contributed by atoms with E-state index in [1.807, 2.05) is 0 Å². The van der Waals surface area contributed by atoms with Crippen molar-refractivity contribution in [1.29, 1.82) is 0 Å². The molecule has 1 saturated carbocycles. The van der Waals surface area contributed by atoms with Gasteiger partial charge < -0.3 is 4.74 Å². The van der Waals surface area contributed by atoms with Crippen LogP contribution in [-0.2, 0) is 6.54 Å². The maximum Gasteiger partial charge on any atom is 0.124 e. The first-order valence-corrected chi connectivity index (χ1v) is 10.6. The Morgan fingerprint density at radius 2 is 1.56 bits per heavy atom. The number of piperazine rings is 1. The van der Waals surface area contributed by atoms with Gasteiger partial charge in [0.1, 0.15) is 11.4 Å². The lowest BCUT2D eigenvalue weighted by Crippen LogP contribution is -2.50. The minimum absolute atomic E-state index is 0.0974. The number of para-hydroxylation sites is 1. The summed E-state index contributed by atoms with van der Waals surface area (Å²) in [5, 5.41) is 0. The van der Waals surface area contributed by atoms with Crippen molar-refractivity contribution in [1.82, 2.24) is 9.80 Å². The maximum atomic E-state index is 6.56. The molecule has 1 saturated heterocycles. The molecule has 27 heavy (non-hydrogen) atoms. The van der Waals surface area contributed by atoms with Crippen molar-refractivity contribution >= 4 is 0 Å². The van der Waals surface area contributed by atoms with Crippen LogP contribution in [0.4, 0.5) is 0 Å². The Balaban J connectivity index is 1.30. The van der Waals surface area contributed by atoms with Crippen molar-refractivity contribution in [2.24, 2.45) is 0 Å². The molecule has 5 rings (SSSR count). The molecule has 2 aromatic carbocycles. The fourth-order valence-corrected chi connectivity index (χ4v) is 5.31.